The van der Waals surface area contributed by atoms with E-state index in [0.717, 1.165) is 0 Å². The molecule has 5 nitrogen and oxygen atoms in total. The molecule has 0 aliphatic carbocycles. The summed E-state index contributed by atoms with van der Waals surface area (Å²) in [5.74, 6) is -2.79. The topological polar surface area (TPSA) is 83.8 Å². The average molecular weight is 232 g/mol. The van der Waals surface area contributed by atoms with E-state index >= 15 is 0 Å². The molecule has 0 saturated heterocycles. The molecular weight excluding hydrogens is 212 g/mol. The van der Waals surface area contributed by atoms with E-state index in [1.165, 1.54) is 6.92 Å². The fourth-order valence-corrected chi connectivity index (χ4v) is 1.19. The first-order valence-electron chi connectivity index (χ1n) is 5.42. The summed E-state index contributed by atoms with van der Waals surface area (Å²) in [4.78, 5) is 22.1. The molecule has 0 amide bonds. The van der Waals surface area contributed by atoms with Gasteiger partial charge >= 0.3 is 11.9 Å². The molecule has 0 spiro atoms. The van der Waals surface area contributed by atoms with Crippen molar-refractivity contribution in [2.24, 2.45) is 11.8 Å². The molecule has 0 aliphatic heterocycles. The highest BCUT2D eigenvalue weighted by molar-refractivity contribution is 5.76. The van der Waals surface area contributed by atoms with Gasteiger partial charge in [-0.3, -0.25) is 4.79 Å². The van der Waals surface area contributed by atoms with Crippen LogP contribution in [0, 0.1) is 11.8 Å². The summed E-state index contributed by atoms with van der Waals surface area (Å²) in [5, 5.41) is 18.2. The Kier molecular flexibility index (Phi) is 6.03. The summed E-state index contributed by atoms with van der Waals surface area (Å²) in [6, 6.07) is 0. The minimum atomic E-state index is -1.20. The first-order chi connectivity index (χ1) is 7.31. The number of carbonyl (C=O) groups is 2. The Morgan fingerprint density at radius 3 is 2.06 bits per heavy atom. The lowest BCUT2D eigenvalue weighted by molar-refractivity contribution is -0.167. The maximum absolute atomic E-state index is 11.4. The summed E-state index contributed by atoms with van der Waals surface area (Å²) < 4.78 is 4.98. The van der Waals surface area contributed by atoms with Crippen LogP contribution < -0.4 is 0 Å². The SMILES string of the molecule is CCC(OC(=O)C(O)C(C)C)C(C)C(=O)O. The van der Waals surface area contributed by atoms with Crippen LogP contribution >= 0.6 is 0 Å². The Labute approximate surface area is 95.4 Å². The average Bonchev–Trinajstić information content (AvgIpc) is 2.22. The quantitative estimate of drug-likeness (QED) is 0.669. The Balaban J connectivity index is 4.44. The van der Waals surface area contributed by atoms with Crippen molar-refractivity contribution in [3.05, 3.63) is 0 Å². The van der Waals surface area contributed by atoms with Crippen molar-refractivity contribution in [1.29, 1.82) is 0 Å². The minimum absolute atomic E-state index is 0.245. The highest BCUT2D eigenvalue weighted by atomic mass is 16.6. The zero-order valence-electron chi connectivity index (χ0n) is 10.1. The van der Waals surface area contributed by atoms with E-state index in [4.69, 9.17) is 9.84 Å². The highest BCUT2D eigenvalue weighted by Gasteiger charge is 2.29. The first-order valence-corrected chi connectivity index (χ1v) is 5.42. The maximum atomic E-state index is 11.4. The molecular formula is C11H20O5. The van der Waals surface area contributed by atoms with Crippen LogP contribution in [-0.4, -0.2) is 34.4 Å². The van der Waals surface area contributed by atoms with Gasteiger partial charge in [-0.05, 0) is 19.3 Å². The third kappa shape index (κ3) is 4.18. The first kappa shape index (κ1) is 14.9. The number of rotatable bonds is 6. The molecule has 0 rings (SSSR count). The van der Waals surface area contributed by atoms with Crippen LogP contribution in [0.15, 0.2) is 0 Å². The van der Waals surface area contributed by atoms with Crippen molar-refractivity contribution in [1.82, 2.24) is 0 Å². The molecule has 0 saturated carbocycles. The van der Waals surface area contributed by atoms with Crippen molar-refractivity contribution in [3.63, 3.8) is 0 Å². The van der Waals surface area contributed by atoms with Gasteiger partial charge in [-0.1, -0.05) is 20.8 Å². The van der Waals surface area contributed by atoms with Crippen molar-refractivity contribution in [2.75, 3.05) is 0 Å². The summed E-state index contributed by atoms with van der Waals surface area (Å²) >= 11 is 0. The zero-order valence-corrected chi connectivity index (χ0v) is 10.1. The molecule has 0 aliphatic rings. The van der Waals surface area contributed by atoms with Crippen molar-refractivity contribution in [3.8, 4) is 0 Å². The van der Waals surface area contributed by atoms with Crippen LogP contribution in [0.1, 0.15) is 34.1 Å². The lowest BCUT2D eigenvalue weighted by Crippen LogP contribution is -2.36. The number of aliphatic carboxylic acids is 1. The van der Waals surface area contributed by atoms with Gasteiger partial charge in [0.25, 0.3) is 0 Å². The number of carbonyl (C=O) groups excluding carboxylic acids is 1. The van der Waals surface area contributed by atoms with E-state index in [2.05, 4.69) is 0 Å². The summed E-state index contributed by atoms with van der Waals surface area (Å²) in [6.07, 6.45) is -1.49. The summed E-state index contributed by atoms with van der Waals surface area (Å²) in [5.41, 5.74) is 0. The number of hydrogen-bond donors (Lipinski definition) is 2. The lowest BCUT2D eigenvalue weighted by atomic mass is 10.0. The van der Waals surface area contributed by atoms with E-state index in [1.807, 2.05) is 0 Å². The molecule has 0 radical (unpaired) electrons. The highest BCUT2D eigenvalue weighted by Crippen LogP contribution is 2.14. The fourth-order valence-electron chi connectivity index (χ4n) is 1.19. The van der Waals surface area contributed by atoms with Crippen LogP contribution in [0.25, 0.3) is 0 Å². The van der Waals surface area contributed by atoms with E-state index < -0.39 is 30.1 Å². The Bertz CT molecular complexity index is 249. The van der Waals surface area contributed by atoms with Gasteiger partial charge in [0.05, 0.1) is 5.92 Å². The Morgan fingerprint density at radius 2 is 1.75 bits per heavy atom. The van der Waals surface area contributed by atoms with Gasteiger partial charge in [0.1, 0.15) is 6.10 Å². The van der Waals surface area contributed by atoms with Crippen LogP contribution in [0.2, 0.25) is 0 Å². The molecule has 16 heavy (non-hydrogen) atoms. The molecule has 2 N–H and O–H groups in total. The van der Waals surface area contributed by atoms with Crippen molar-refractivity contribution < 1.29 is 24.5 Å². The third-order valence-corrected chi connectivity index (χ3v) is 2.49. The van der Waals surface area contributed by atoms with E-state index in [1.54, 1.807) is 20.8 Å². The largest absolute Gasteiger partial charge is 0.481 e. The van der Waals surface area contributed by atoms with Gasteiger partial charge in [0.15, 0.2) is 6.10 Å². The van der Waals surface area contributed by atoms with E-state index in [-0.39, 0.29) is 5.92 Å². The molecule has 0 aromatic carbocycles. The van der Waals surface area contributed by atoms with Gasteiger partial charge in [-0.25, -0.2) is 4.79 Å². The number of carboxylic acids is 1. The molecule has 3 atom stereocenters. The van der Waals surface area contributed by atoms with Crippen molar-refractivity contribution >= 4 is 11.9 Å². The monoisotopic (exact) mass is 232 g/mol. The molecule has 0 bridgehead atoms. The van der Waals surface area contributed by atoms with E-state index in [0.29, 0.717) is 6.42 Å². The van der Waals surface area contributed by atoms with Gasteiger partial charge in [-0.2, -0.15) is 0 Å². The van der Waals surface area contributed by atoms with Gasteiger partial charge in [-0.15, -0.1) is 0 Å². The summed E-state index contributed by atoms with van der Waals surface area (Å²) in [6.45, 7) is 6.59. The number of aliphatic hydroxyl groups excluding tert-OH is 1. The number of esters is 1. The molecule has 5 heteroatoms. The van der Waals surface area contributed by atoms with Crippen LogP contribution in [0.3, 0.4) is 0 Å². The number of carboxylic acid groups (broad SMARTS) is 1. The van der Waals surface area contributed by atoms with Gasteiger partial charge in [0, 0.05) is 0 Å². The van der Waals surface area contributed by atoms with Crippen LogP contribution in [0.5, 0.6) is 0 Å². The van der Waals surface area contributed by atoms with Gasteiger partial charge < -0.3 is 14.9 Å². The molecule has 0 aromatic heterocycles. The molecule has 3 unspecified atom stereocenters. The maximum Gasteiger partial charge on any atom is 0.335 e. The predicted octanol–water partition coefficient (Wildman–Crippen LogP) is 1.05. The number of ether oxygens (including phenoxy) is 1. The normalized spacial score (nSPS) is 16.6. The predicted molar refractivity (Wildman–Crippen MR) is 57.8 cm³/mol. The Morgan fingerprint density at radius 1 is 1.25 bits per heavy atom. The standard InChI is InChI=1S/C11H20O5/c1-5-8(7(4)10(13)14)16-11(15)9(12)6(2)3/h6-9,12H,5H2,1-4H3,(H,13,14). The van der Waals surface area contributed by atoms with E-state index in [9.17, 15) is 14.7 Å². The Hall–Kier alpha value is -1.10. The lowest BCUT2D eigenvalue weighted by Gasteiger charge is -2.22. The number of hydrogen-bond acceptors (Lipinski definition) is 4. The molecule has 0 heterocycles. The van der Waals surface area contributed by atoms with Gasteiger partial charge in [0.2, 0.25) is 0 Å². The molecule has 0 fully saturated rings. The van der Waals surface area contributed by atoms with Crippen LogP contribution in [0.4, 0.5) is 0 Å². The second-order valence-electron chi connectivity index (χ2n) is 4.20. The fraction of sp³-hybridized carbons (Fsp3) is 0.818. The number of aliphatic hydroxyl groups is 1. The second kappa shape index (κ2) is 6.48. The smallest absolute Gasteiger partial charge is 0.335 e. The third-order valence-electron chi connectivity index (χ3n) is 2.49. The second-order valence-corrected chi connectivity index (χ2v) is 4.20. The molecule has 0 aromatic rings. The summed E-state index contributed by atoms with van der Waals surface area (Å²) in [7, 11) is 0. The van der Waals surface area contributed by atoms with Crippen molar-refractivity contribution in [2.45, 2.75) is 46.3 Å². The molecule has 94 valence electrons. The zero-order chi connectivity index (χ0) is 12.9. The minimum Gasteiger partial charge on any atom is -0.481 e. The van der Waals surface area contributed by atoms with Crippen LogP contribution in [-0.2, 0) is 14.3 Å².